The van der Waals surface area contributed by atoms with Crippen LogP contribution < -0.4 is 10.5 Å². The van der Waals surface area contributed by atoms with Gasteiger partial charge in [0.05, 0.1) is 30.3 Å². The molecule has 0 spiro atoms. The average Bonchev–Trinajstić information content (AvgIpc) is 3.54. The van der Waals surface area contributed by atoms with Crippen molar-refractivity contribution in [2.75, 3.05) is 26.4 Å². The van der Waals surface area contributed by atoms with Crippen LogP contribution in [0, 0.1) is 5.82 Å². The highest BCUT2D eigenvalue weighted by molar-refractivity contribution is 6.15. The molecule has 4 heterocycles. The van der Waals surface area contributed by atoms with E-state index in [4.69, 9.17) is 20.2 Å². The number of carbonyl (C=O) groups excluding carboxylic acids is 1. The fourth-order valence-corrected chi connectivity index (χ4v) is 5.25. The molecular weight excluding hydrogens is 463 g/mol. The number of ether oxygens (including phenoxy) is 2. The van der Waals surface area contributed by atoms with Gasteiger partial charge in [0.1, 0.15) is 17.4 Å². The van der Waals surface area contributed by atoms with Gasteiger partial charge in [-0.1, -0.05) is 6.08 Å². The van der Waals surface area contributed by atoms with E-state index in [1.54, 1.807) is 4.90 Å². The summed E-state index contributed by atoms with van der Waals surface area (Å²) in [5.74, 6) is 1.17. The molecule has 5 rings (SSSR count). The maximum Gasteiger partial charge on any atom is 0.258 e. The van der Waals surface area contributed by atoms with E-state index in [-0.39, 0.29) is 37.0 Å². The number of nitrogens with zero attached hydrogens (tertiary/aromatic N) is 5. The van der Waals surface area contributed by atoms with Crippen LogP contribution >= 0.6 is 0 Å². The first kappa shape index (κ1) is 24.6. The Morgan fingerprint density at radius 3 is 2.89 bits per heavy atom. The molecule has 2 saturated heterocycles. The Morgan fingerprint density at radius 1 is 1.25 bits per heavy atom. The van der Waals surface area contributed by atoms with Crippen molar-refractivity contribution < 1.29 is 18.7 Å². The van der Waals surface area contributed by atoms with E-state index in [0.29, 0.717) is 30.1 Å². The van der Waals surface area contributed by atoms with E-state index in [1.807, 2.05) is 19.9 Å². The number of allylic oxidation sites excluding steroid dienone is 1. The minimum absolute atomic E-state index is 0.0418. The molecule has 36 heavy (non-hydrogen) atoms. The first-order valence-electron chi connectivity index (χ1n) is 12.6. The summed E-state index contributed by atoms with van der Waals surface area (Å²) in [6, 6.07) is 2.54. The summed E-state index contributed by atoms with van der Waals surface area (Å²) < 4.78 is 25.2. The Morgan fingerprint density at radius 2 is 2.11 bits per heavy atom. The molecule has 1 aromatic rings. The second kappa shape index (κ2) is 10.5. The Bertz CT molecular complexity index is 1160. The standard InChI is InChI=1S/C26H33FN6O3/c1-3-16(2)25(32-9-7-19(28)13-32)29-23-12-21(30-31-23)22-6-4-5-8-33(22)26(34)20-11-18(27)10-17-14-35-15-36-24(17)20/h3,10-11,19,22H,4-9,12-15,28H2,1-2H3/b16-3-,29-25+/t19-,22-/m0/s1. The molecule has 4 aliphatic heterocycles. The number of hydrogen-bond donors (Lipinski definition) is 1. The lowest BCUT2D eigenvalue weighted by molar-refractivity contribution is -0.0173. The van der Waals surface area contributed by atoms with Crippen LogP contribution in [-0.2, 0) is 11.3 Å². The van der Waals surface area contributed by atoms with Crippen LogP contribution in [0.15, 0.2) is 39.0 Å². The van der Waals surface area contributed by atoms with E-state index in [1.165, 1.54) is 12.1 Å². The summed E-state index contributed by atoms with van der Waals surface area (Å²) in [6.45, 7) is 6.48. The molecule has 192 valence electrons. The van der Waals surface area contributed by atoms with Gasteiger partial charge in [0.15, 0.2) is 12.6 Å². The predicted octanol–water partition coefficient (Wildman–Crippen LogP) is 3.24. The molecule has 2 fully saturated rings. The number of nitrogens with two attached hydrogens (primary N) is 1. The van der Waals surface area contributed by atoms with Crippen molar-refractivity contribution in [1.82, 2.24) is 9.80 Å². The quantitative estimate of drug-likeness (QED) is 0.511. The first-order chi connectivity index (χ1) is 17.4. The third kappa shape index (κ3) is 4.92. The number of likely N-dealkylation sites (tertiary alicyclic amines) is 2. The highest BCUT2D eigenvalue weighted by Gasteiger charge is 2.35. The fraction of sp³-hybridized carbons (Fsp3) is 0.538. The van der Waals surface area contributed by atoms with Crippen molar-refractivity contribution in [3.8, 4) is 5.75 Å². The van der Waals surface area contributed by atoms with Crippen LogP contribution in [0.2, 0.25) is 0 Å². The van der Waals surface area contributed by atoms with Gasteiger partial charge in [-0.15, -0.1) is 5.10 Å². The molecule has 4 aliphatic rings. The van der Waals surface area contributed by atoms with Crippen molar-refractivity contribution in [1.29, 1.82) is 0 Å². The van der Waals surface area contributed by atoms with Crippen molar-refractivity contribution in [2.45, 2.75) is 64.6 Å². The molecule has 0 aromatic heterocycles. The number of amidine groups is 2. The lowest BCUT2D eigenvalue weighted by atomic mass is 9.94. The maximum absolute atomic E-state index is 14.3. The van der Waals surface area contributed by atoms with Crippen LogP contribution in [0.1, 0.15) is 61.9 Å². The van der Waals surface area contributed by atoms with Crippen molar-refractivity contribution in [3.63, 3.8) is 0 Å². The molecule has 10 heteroatoms. The lowest BCUT2D eigenvalue weighted by Crippen LogP contribution is -2.48. The average molecular weight is 497 g/mol. The molecule has 2 atom stereocenters. The second-order valence-corrected chi connectivity index (χ2v) is 9.75. The molecule has 9 nitrogen and oxygen atoms in total. The fourth-order valence-electron chi connectivity index (χ4n) is 5.25. The van der Waals surface area contributed by atoms with Gasteiger partial charge in [-0.3, -0.25) is 4.79 Å². The number of carbonyl (C=O) groups is 1. The van der Waals surface area contributed by atoms with Gasteiger partial charge < -0.3 is 25.0 Å². The number of benzene rings is 1. The SMILES string of the molecule is C/C=C(C)\C(=N/C1=NN=C([C@@H]2CCCCN2C(=O)c2cc(F)cc3c2OCOC3)C1)N1CC[C@H](N)C1. The van der Waals surface area contributed by atoms with Crippen LogP contribution in [-0.4, -0.2) is 71.6 Å². The van der Waals surface area contributed by atoms with Crippen LogP contribution in [0.25, 0.3) is 0 Å². The number of hydrogen-bond acceptors (Lipinski definition) is 7. The molecular formula is C26H33FN6O3. The van der Waals surface area contributed by atoms with Gasteiger partial charge in [0.25, 0.3) is 5.91 Å². The molecule has 1 aromatic carbocycles. The van der Waals surface area contributed by atoms with Crippen molar-refractivity contribution in [2.24, 2.45) is 20.9 Å². The first-order valence-corrected chi connectivity index (χ1v) is 12.6. The Balaban J connectivity index is 1.35. The number of amides is 1. The summed E-state index contributed by atoms with van der Waals surface area (Å²) in [4.78, 5) is 22.5. The summed E-state index contributed by atoms with van der Waals surface area (Å²) in [5, 5.41) is 8.85. The Kier molecular flexibility index (Phi) is 7.15. The van der Waals surface area contributed by atoms with Gasteiger partial charge in [-0.2, -0.15) is 5.10 Å². The topological polar surface area (TPSA) is 105 Å². The van der Waals surface area contributed by atoms with Crippen molar-refractivity contribution in [3.05, 3.63) is 40.7 Å². The van der Waals surface area contributed by atoms with Crippen LogP contribution in [0.5, 0.6) is 5.75 Å². The zero-order valence-electron chi connectivity index (χ0n) is 20.9. The van der Waals surface area contributed by atoms with Gasteiger partial charge in [-0.05, 0) is 57.2 Å². The molecule has 0 unspecified atom stereocenters. The van der Waals surface area contributed by atoms with Gasteiger partial charge >= 0.3 is 0 Å². The Labute approximate surface area is 210 Å². The summed E-state index contributed by atoms with van der Waals surface area (Å²) in [6.07, 6.45) is 6.08. The van der Waals surface area contributed by atoms with E-state index in [0.717, 1.165) is 55.9 Å². The smallest absolute Gasteiger partial charge is 0.258 e. The molecule has 0 radical (unpaired) electrons. The molecule has 0 saturated carbocycles. The van der Waals surface area contributed by atoms with E-state index < -0.39 is 5.82 Å². The molecule has 2 N–H and O–H groups in total. The molecule has 0 bridgehead atoms. The number of halogens is 1. The normalized spacial score (nSPS) is 24.9. The second-order valence-electron chi connectivity index (χ2n) is 9.75. The number of fused-ring (bicyclic) bond motifs is 1. The predicted molar refractivity (Wildman–Crippen MR) is 136 cm³/mol. The van der Waals surface area contributed by atoms with E-state index >= 15 is 0 Å². The molecule has 1 amide bonds. The van der Waals surface area contributed by atoms with E-state index in [2.05, 4.69) is 15.1 Å². The summed E-state index contributed by atoms with van der Waals surface area (Å²) in [5.41, 5.74) is 8.78. The molecule has 0 aliphatic carbocycles. The maximum atomic E-state index is 14.3. The Hall–Kier alpha value is -3.11. The largest absolute Gasteiger partial charge is 0.466 e. The zero-order valence-corrected chi connectivity index (χ0v) is 20.9. The monoisotopic (exact) mass is 496 g/mol. The van der Waals surface area contributed by atoms with Gasteiger partial charge in [0.2, 0.25) is 0 Å². The third-order valence-electron chi connectivity index (χ3n) is 7.23. The lowest BCUT2D eigenvalue weighted by Gasteiger charge is -2.36. The zero-order chi connectivity index (χ0) is 25.2. The highest BCUT2D eigenvalue weighted by atomic mass is 19.1. The minimum atomic E-state index is -0.480. The number of aliphatic imine (C=N–C) groups is 1. The summed E-state index contributed by atoms with van der Waals surface area (Å²) >= 11 is 0. The summed E-state index contributed by atoms with van der Waals surface area (Å²) in [7, 11) is 0. The van der Waals surface area contributed by atoms with Gasteiger partial charge in [-0.25, -0.2) is 9.38 Å². The third-order valence-corrected chi connectivity index (χ3v) is 7.23. The van der Waals surface area contributed by atoms with Crippen LogP contribution in [0.4, 0.5) is 4.39 Å². The van der Waals surface area contributed by atoms with E-state index in [9.17, 15) is 9.18 Å². The van der Waals surface area contributed by atoms with Crippen molar-refractivity contribution >= 4 is 23.3 Å². The minimum Gasteiger partial charge on any atom is -0.466 e. The van der Waals surface area contributed by atoms with Crippen LogP contribution in [0.3, 0.4) is 0 Å². The number of rotatable bonds is 3. The highest BCUT2D eigenvalue weighted by Crippen LogP contribution is 2.33. The van der Waals surface area contributed by atoms with Gasteiger partial charge in [0, 0.05) is 31.2 Å². The number of piperidine rings is 1.